The van der Waals surface area contributed by atoms with Crippen molar-refractivity contribution in [2.24, 2.45) is 0 Å². The number of furan rings is 1. The first-order valence-corrected chi connectivity index (χ1v) is 10.7. The molecule has 1 aromatic carbocycles. The van der Waals surface area contributed by atoms with Gasteiger partial charge >= 0.3 is 0 Å². The van der Waals surface area contributed by atoms with Crippen LogP contribution in [0.1, 0.15) is 12.7 Å². The fourth-order valence-electron chi connectivity index (χ4n) is 1.94. The summed E-state index contributed by atoms with van der Waals surface area (Å²) in [5.74, 6) is 0.647. The summed E-state index contributed by atoms with van der Waals surface area (Å²) >= 11 is 0. The highest BCUT2D eigenvalue weighted by molar-refractivity contribution is 7.90. The molecule has 0 spiro atoms. The molecule has 10 heteroatoms. The molecule has 2 rings (SSSR count). The summed E-state index contributed by atoms with van der Waals surface area (Å²) in [5, 5.41) is 0. The Balaban J connectivity index is 1.86. The van der Waals surface area contributed by atoms with Crippen LogP contribution in [0.5, 0.6) is 5.75 Å². The van der Waals surface area contributed by atoms with E-state index in [4.69, 9.17) is 9.15 Å². The predicted octanol–water partition coefficient (Wildman–Crippen LogP) is 1.08. The van der Waals surface area contributed by atoms with Crippen LogP contribution in [0.4, 0.5) is 0 Å². The Morgan fingerprint density at radius 1 is 1.04 bits per heavy atom. The second-order valence-electron chi connectivity index (χ2n) is 5.02. The zero-order valence-electron chi connectivity index (χ0n) is 13.6. The minimum absolute atomic E-state index is 0.0149. The Hall–Kier alpha value is -1.88. The molecule has 2 aromatic rings. The van der Waals surface area contributed by atoms with E-state index in [0.717, 1.165) is 0 Å². The van der Waals surface area contributed by atoms with Gasteiger partial charge in [0.25, 0.3) is 0 Å². The number of sulfonamides is 2. The molecule has 0 aliphatic heterocycles. The van der Waals surface area contributed by atoms with Crippen molar-refractivity contribution >= 4 is 20.0 Å². The first-order chi connectivity index (χ1) is 11.8. The molecule has 0 bridgehead atoms. The fraction of sp³-hybridized carbons (Fsp3) is 0.333. The van der Waals surface area contributed by atoms with E-state index in [2.05, 4.69) is 9.44 Å². The summed E-state index contributed by atoms with van der Waals surface area (Å²) in [4.78, 5) is 0.0388. The largest absolute Gasteiger partial charge is 0.494 e. The molecule has 1 aromatic heterocycles. The first kappa shape index (κ1) is 19.4. The Morgan fingerprint density at radius 3 is 2.36 bits per heavy atom. The minimum atomic E-state index is -3.79. The summed E-state index contributed by atoms with van der Waals surface area (Å²) < 4.78 is 62.9. The van der Waals surface area contributed by atoms with E-state index in [9.17, 15) is 16.8 Å². The SMILES string of the molecule is CCOc1ccc(S(=O)(=O)NCCS(=O)(=O)NCc2ccco2)cc1. The number of hydrogen-bond donors (Lipinski definition) is 2. The molecule has 0 saturated carbocycles. The highest BCUT2D eigenvalue weighted by Gasteiger charge is 2.16. The molecule has 0 unspecified atom stereocenters. The van der Waals surface area contributed by atoms with Crippen molar-refractivity contribution in [3.63, 3.8) is 0 Å². The Morgan fingerprint density at radius 2 is 1.76 bits per heavy atom. The monoisotopic (exact) mass is 388 g/mol. The van der Waals surface area contributed by atoms with E-state index in [-0.39, 0.29) is 23.7 Å². The van der Waals surface area contributed by atoms with Crippen molar-refractivity contribution in [2.75, 3.05) is 18.9 Å². The Labute approximate surface area is 147 Å². The van der Waals surface area contributed by atoms with E-state index in [1.54, 1.807) is 24.3 Å². The lowest BCUT2D eigenvalue weighted by Crippen LogP contribution is -2.34. The molecule has 0 aliphatic rings. The van der Waals surface area contributed by atoms with Gasteiger partial charge in [0.2, 0.25) is 20.0 Å². The predicted molar refractivity (Wildman–Crippen MR) is 92.1 cm³/mol. The maximum Gasteiger partial charge on any atom is 0.240 e. The number of rotatable bonds is 10. The third-order valence-electron chi connectivity index (χ3n) is 3.15. The fourth-order valence-corrected chi connectivity index (χ4v) is 3.98. The zero-order valence-corrected chi connectivity index (χ0v) is 15.3. The van der Waals surface area contributed by atoms with Crippen molar-refractivity contribution in [3.05, 3.63) is 48.4 Å². The average molecular weight is 388 g/mol. The van der Waals surface area contributed by atoms with Crippen LogP contribution >= 0.6 is 0 Å². The number of hydrogen-bond acceptors (Lipinski definition) is 6. The van der Waals surface area contributed by atoms with Gasteiger partial charge in [-0.1, -0.05) is 0 Å². The van der Waals surface area contributed by atoms with Crippen molar-refractivity contribution in [1.82, 2.24) is 9.44 Å². The standard InChI is InChI=1S/C15H20N2O6S2/c1-2-22-13-5-7-15(8-6-13)25(20,21)16-9-11-24(18,19)17-12-14-4-3-10-23-14/h3-8,10,16-17H,2,9,11-12H2,1H3. The lowest BCUT2D eigenvalue weighted by molar-refractivity contribution is 0.340. The van der Waals surface area contributed by atoms with Gasteiger partial charge in [-0.05, 0) is 43.3 Å². The van der Waals surface area contributed by atoms with E-state index in [1.165, 1.54) is 18.4 Å². The van der Waals surface area contributed by atoms with E-state index >= 15 is 0 Å². The van der Waals surface area contributed by atoms with Crippen LogP contribution in [0.2, 0.25) is 0 Å². The van der Waals surface area contributed by atoms with Gasteiger partial charge in [0.15, 0.2) is 0 Å². The van der Waals surface area contributed by atoms with Crippen LogP contribution in [0.15, 0.2) is 52.0 Å². The van der Waals surface area contributed by atoms with Gasteiger partial charge in [0.1, 0.15) is 11.5 Å². The molecule has 0 fully saturated rings. The van der Waals surface area contributed by atoms with Gasteiger partial charge in [-0.3, -0.25) is 0 Å². The molecule has 0 radical (unpaired) electrons. The van der Waals surface area contributed by atoms with Crippen LogP contribution in [0, 0.1) is 0 Å². The van der Waals surface area contributed by atoms with E-state index < -0.39 is 20.0 Å². The second-order valence-corrected chi connectivity index (χ2v) is 8.71. The van der Waals surface area contributed by atoms with Gasteiger partial charge in [-0.15, -0.1) is 0 Å². The van der Waals surface area contributed by atoms with E-state index in [0.29, 0.717) is 18.1 Å². The number of ether oxygens (including phenoxy) is 1. The topological polar surface area (TPSA) is 115 Å². The summed E-state index contributed by atoms with van der Waals surface area (Å²) in [6, 6.07) is 9.17. The van der Waals surface area contributed by atoms with Gasteiger partial charge in [0, 0.05) is 6.54 Å². The maximum absolute atomic E-state index is 12.1. The Kier molecular flexibility index (Phi) is 6.59. The van der Waals surface area contributed by atoms with Crippen LogP contribution in [-0.2, 0) is 26.6 Å². The average Bonchev–Trinajstić information content (AvgIpc) is 3.07. The molecule has 0 aliphatic carbocycles. The minimum Gasteiger partial charge on any atom is -0.494 e. The van der Waals surface area contributed by atoms with Crippen LogP contribution in [0.3, 0.4) is 0 Å². The van der Waals surface area contributed by atoms with Crippen LogP contribution < -0.4 is 14.2 Å². The number of nitrogens with one attached hydrogen (secondary N) is 2. The van der Waals surface area contributed by atoms with E-state index in [1.807, 2.05) is 6.92 Å². The molecule has 8 nitrogen and oxygen atoms in total. The molecule has 25 heavy (non-hydrogen) atoms. The van der Waals surface area contributed by atoms with Gasteiger partial charge in [-0.25, -0.2) is 26.3 Å². The molecule has 1 heterocycles. The molecule has 0 atom stereocenters. The first-order valence-electron chi connectivity index (χ1n) is 7.54. The lowest BCUT2D eigenvalue weighted by Gasteiger charge is -2.09. The normalized spacial score (nSPS) is 12.2. The summed E-state index contributed by atoms with van der Waals surface area (Å²) in [6.45, 7) is 2.07. The van der Waals surface area contributed by atoms with Crippen molar-refractivity contribution in [3.8, 4) is 5.75 Å². The second kappa shape index (κ2) is 8.48. The molecular formula is C15H20N2O6S2. The molecular weight excluding hydrogens is 368 g/mol. The number of benzene rings is 1. The van der Waals surface area contributed by atoms with Gasteiger partial charge < -0.3 is 9.15 Å². The maximum atomic E-state index is 12.1. The molecule has 0 saturated heterocycles. The third kappa shape index (κ3) is 6.16. The zero-order chi connectivity index (χ0) is 18.3. The summed E-state index contributed by atoms with van der Waals surface area (Å²) in [7, 11) is -7.42. The Bertz CT molecular complexity index is 859. The van der Waals surface area contributed by atoms with Crippen molar-refractivity contribution in [1.29, 1.82) is 0 Å². The highest BCUT2D eigenvalue weighted by Crippen LogP contribution is 2.15. The van der Waals surface area contributed by atoms with Gasteiger partial charge in [-0.2, -0.15) is 0 Å². The van der Waals surface area contributed by atoms with Crippen molar-refractivity contribution in [2.45, 2.75) is 18.4 Å². The lowest BCUT2D eigenvalue weighted by atomic mass is 10.3. The van der Waals surface area contributed by atoms with Crippen LogP contribution in [-0.4, -0.2) is 35.7 Å². The molecule has 138 valence electrons. The smallest absolute Gasteiger partial charge is 0.240 e. The molecule has 2 N–H and O–H groups in total. The highest BCUT2D eigenvalue weighted by atomic mass is 32.2. The quantitative estimate of drug-likeness (QED) is 0.629. The summed E-state index contributed by atoms with van der Waals surface area (Å²) in [6.07, 6.45) is 1.44. The molecule has 0 amide bonds. The summed E-state index contributed by atoms with van der Waals surface area (Å²) in [5.41, 5.74) is 0. The van der Waals surface area contributed by atoms with Crippen molar-refractivity contribution < 1.29 is 26.0 Å². The van der Waals surface area contributed by atoms with Crippen LogP contribution in [0.25, 0.3) is 0 Å². The van der Waals surface area contributed by atoms with Gasteiger partial charge in [0.05, 0.1) is 30.1 Å². The third-order valence-corrected chi connectivity index (χ3v) is 5.96.